The Labute approximate surface area is 180 Å². The summed E-state index contributed by atoms with van der Waals surface area (Å²) in [6, 6.07) is 9.05. The number of hydrogen-bond acceptors (Lipinski definition) is 3. The van der Waals surface area contributed by atoms with Gasteiger partial charge in [0.05, 0.1) is 23.8 Å². The van der Waals surface area contributed by atoms with Crippen LogP contribution in [0.5, 0.6) is 0 Å². The van der Waals surface area contributed by atoms with E-state index in [1.165, 1.54) is 6.92 Å². The lowest BCUT2D eigenvalue weighted by Gasteiger charge is -2.06. The molecule has 2 aromatic heterocycles. The van der Waals surface area contributed by atoms with Gasteiger partial charge in [0.2, 0.25) is 5.91 Å². The zero-order chi connectivity index (χ0) is 22.1. The standard InChI is InChI=1S/C19H18Cl2F3N5O/c1-11-9-15(26-29(11)10-13-3-5-14(20)6-4-13)25-16(30)7-8-28-12(2)17(21)18(27-28)19(22,23)24/h3-6,9H,7-8,10H2,1-2H3,(H,25,26,30). The summed E-state index contributed by atoms with van der Waals surface area (Å²) in [5.41, 5.74) is 0.832. The number of carbonyl (C=O) groups is 1. The molecule has 0 saturated carbocycles. The molecule has 3 aromatic rings. The molecule has 0 radical (unpaired) electrons. The van der Waals surface area contributed by atoms with Crippen LogP contribution in [0.4, 0.5) is 19.0 Å². The van der Waals surface area contributed by atoms with Crippen molar-refractivity contribution in [3.63, 3.8) is 0 Å². The maximum Gasteiger partial charge on any atom is 0.436 e. The third-order valence-corrected chi connectivity index (χ3v) is 5.15. The molecule has 2 heterocycles. The van der Waals surface area contributed by atoms with Crippen molar-refractivity contribution in [1.82, 2.24) is 19.6 Å². The van der Waals surface area contributed by atoms with Gasteiger partial charge in [0.1, 0.15) is 0 Å². The molecule has 1 amide bonds. The van der Waals surface area contributed by atoms with E-state index in [9.17, 15) is 18.0 Å². The highest BCUT2D eigenvalue weighted by molar-refractivity contribution is 6.32. The molecule has 0 aliphatic rings. The topological polar surface area (TPSA) is 64.7 Å². The van der Waals surface area contributed by atoms with Gasteiger partial charge >= 0.3 is 6.18 Å². The van der Waals surface area contributed by atoms with Crippen LogP contribution < -0.4 is 5.32 Å². The molecule has 1 aromatic carbocycles. The van der Waals surface area contributed by atoms with Crippen LogP contribution in [0.2, 0.25) is 10.0 Å². The van der Waals surface area contributed by atoms with Gasteiger partial charge in [0.15, 0.2) is 11.5 Å². The number of aromatic nitrogens is 4. The summed E-state index contributed by atoms with van der Waals surface area (Å²) >= 11 is 11.6. The Kier molecular flexibility index (Phi) is 6.42. The highest BCUT2D eigenvalue weighted by Gasteiger charge is 2.38. The van der Waals surface area contributed by atoms with Crippen LogP contribution in [0.15, 0.2) is 30.3 Å². The van der Waals surface area contributed by atoms with E-state index in [1.807, 2.05) is 19.1 Å². The Bertz CT molecular complexity index is 1060. The first-order valence-electron chi connectivity index (χ1n) is 8.93. The normalized spacial score (nSPS) is 11.7. The van der Waals surface area contributed by atoms with E-state index < -0.39 is 22.8 Å². The molecule has 30 heavy (non-hydrogen) atoms. The van der Waals surface area contributed by atoms with Gasteiger partial charge in [0.25, 0.3) is 0 Å². The van der Waals surface area contributed by atoms with E-state index in [4.69, 9.17) is 23.2 Å². The highest BCUT2D eigenvalue weighted by atomic mass is 35.5. The molecule has 0 aliphatic carbocycles. The Morgan fingerprint density at radius 1 is 1.10 bits per heavy atom. The smallest absolute Gasteiger partial charge is 0.309 e. The van der Waals surface area contributed by atoms with E-state index in [0.717, 1.165) is 15.9 Å². The number of nitrogens with zero attached hydrogens (tertiary/aromatic N) is 4. The molecular weight excluding hydrogens is 442 g/mol. The number of carbonyl (C=O) groups excluding carboxylic acids is 1. The van der Waals surface area contributed by atoms with Gasteiger partial charge in [-0.1, -0.05) is 35.3 Å². The summed E-state index contributed by atoms with van der Waals surface area (Å²) in [6.45, 7) is 3.73. The number of amides is 1. The molecule has 1 N–H and O–H groups in total. The predicted molar refractivity (Wildman–Crippen MR) is 108 cm³/mol. The molecule has 160 valence electrons. The molecule has 0 saturated heterocycles. The Morgan fingerprint density at radius 2 is 1.77 bits per heavy atom. The van der Waals surface area contributed by atoms with Gasteiger partial charge in [-0.15, -0.1) is 0 Å². The van der Waals surface area contributed by atoms with Crippen molar-refractivity contribution in [3.8, 4) is 0 Å². The summed E-state index contributed by atoms with van der Waals surface area (Å²) in [5, 5.41) is 10.7. The fourth-order valence-corrected chi connectivity index (χ4v) is 3.20. The number of hydrogen-bond donors (Lipinski definition) is 1. The average Bonchev–Trinajstić information content (AvgIpc) is 3.15. The van der Waals surface area contributed by atoms with E-state index in [0.29, 0.717) is 17.4 Å². The van der Waals surface area contributed by atoms with Gasteiger partial charge < -0.3 is 5.32 Å². The van der Waals surface area contributed by atoms with Crippen LogP contribution in [0.3, 0.4) is 0 Å². The minimum absolute atomic E-state index is 0.0437. The van der Waals surface area contributed by atoms with Crippen LogP contribution >= 0.6 is 23.2 Å². The summed E-state index contributed by atoms with van der Waals surface area (Å²) in [7, 11) is 0. The largest absolute Gasteiger partial charge is 0.436 e. The lowest BCUT2D eigenvalue weighted by Crippen LogP contribution is -2.16. The average molecular weight is 460 g/mol. The Hall–Kier alpha value is -2.52. The SMILES string of the molecule is Cc1cc(NC(=O)CCn2nc(C(F)(F)F)c(Cl)c2C)nn1Cc1ccc(Cl)cc1. The number of halogens is 5. The number of benzene rings is 1. The lowest BCUT2D eigenvalue weighted by atomic mass is 10.2. The molecule has 0 aliphatic heterocycles. The molecule has 11 heteroatoms. The zero-order valence-electron chi connectivity index (χ0n) is 16.1. The first-order valence-corrected chi connectivity index (χ1v) is 9.69. The molecule has 3 rings (SSSR count). The zero-order valence-corrected chi connectivity index (χ0v) is 17.6. The van der Waals surface area contributed by atoms with Crippen molar-refractivity contribution in [2.24, 2.45) is 0 Å². The molecule has 0 unspecified atom stereocenters. The second-order valence-corrected chi connectivity index (χ2v) is 7.54. The molecule has 0 atom stereocenters. The summed E-state index contributed by atoms with van der Waals surface area (Å²) in [6.07, 6.45) is -4.73. The third kappa shape index (κ3) is 5.14. The van der Waals surface area contributed by atoms with Crippen LogP contribution in [0.1, 0.15) is 29.1 Å². The highest BCUT2D eigenvalue weighted by Crippen LogP contribution is 2.35. The number of alkyl halides is 3. The second-order valence-electron chi connectivity index (χ2n) is 6.72. The quantitative estimate of drug-likeness (QED) is 0.557. The van der Waals surface area contributed by atoms with Crippen LogP contribution in [0.25, 0.3) is 0 Å². The second kappa shape index (κ2) is 8.69. The summed E-state index contributed by atoms with van der Waals surface area (Å²) in [4.78, 5) is 12.2. The molecule has 0 fully saturated rings. The van der Waals surface area contributed by atoms with Crippen molar-refractivity contribution >= 4 is 34.9 Å². The fourth-order valence-electron chi connectivity index (χ4n) is 2.83. The lowest BCUT2D eigenvalue weighted by molar-refractivity contribution is -0.141. The first-order chi connectivity index (χ1) is 14.0. The summed E-state index contributed by atoms with van der Waals surface area (Å²) < 4.78 is 41.5. The first kappa shape index (κ1) is 22.2. The van der Waals surface area contributed by atoms with Crippen LogP contribution in [-0.2, 0) is 24.1 Å². The maximum atomic E-state index is 12.9. The molecule has 0 bridgehead atoms. The van der Waals surface area contributed by atoms with Gasteiger partial charge in [-0.05, 0) is 31.5 Å². The van der Waals surface area contributed by atoms with E-state index in [2.05, 4.69) is 15.5 Å². The van der Waals surface area contributed by atoms with E-state index >= 15 is 0 Å². The predicted octanol–water partition coefficient (Wildman–Crippen LogP) is 5.10. The number of rotatable bonds is 6. The minimum atomic E-state index is -4.65. The summed E-state index contributed by atoms with van der Waals surface area (Å²) in [5.74, 6) is -0.0385. The van der Waals surface area contributed by atoms with Gasteiger partial charge in [-0.25, -0.2) is 0 Å². The van der Waals surface area contributed by atoms with Crippen molar-refractivity contribution in [2.75, 3.05) is 5.32 Å². The van der Waals surface area contributed by atoms with E-state index in [-0.39, 0.29) is 18.7 Å². The molecule has 0 spiro atoms. The van der Waals surface area contributed by atoms with Gasteiger partial charge in [-0.3, -0.25) is 14.2 Å². The van der Waals surface area contributed by atoms with Crippen molar-refractivity contribution < 1.29 is 18.0 Å². The van der Waals surface area contributed by atoms with Gasteiger partial charge in [-0.2, -0.15) is 23.4 Å². The number of anilines is 1. The van der Waals surface area contributed by atoms with E-state index in [1.54, 1.807) is 22.9 Å². The van der Waals surface area contributed by atoms with Crippen LogP contribution in [0, 0.1) is 13.8 Å². The van der Waals surface area contributed by atoms with Crippen molar-refractivity contribution in [2.45, 2.75) is 39.5 Å². The van der Waals surface area contributed by atoms with Crippen LogP contribution in [-0.4, -0.2) is 25.5 Å². The third-order valence-electron chi connectivity index (χ3n) is 4.45. The van der Waals surface area contributed by atoms with Gasteiger partial charge in [0, 0.05) is 23.2 Å². The Morgan fingerprint density at radius 3 is 2.37 bits per heavy atom. The molecule has 6 nitrogen and oxygen atoms in total. The minimum Gasteiger partial charge on any atom is -0.309 e. The van der Waals surface area contributed by atoms with Crippen molar-refractivity contribution in [1.29, 1.82) is 0 Å². The number of aryl methyl sites for hydroxylation is 2. The maximum absolute atomic E-state index is 12.9. The van der Waals surface area contributed by atoms with Crippen molar-refractivity contribution in [3.05, 3.63) is 63.0 Å². The fraction of sp³-hybridized carbons (Fsp3) is 0.316. The monoisotopic (exact) mass is 459 g/mol. The number of nitrogens with one attached hydrogen (secondary N) is 1. The Balaban J connectivity index is 1.61. The molecular formula is C19H18Cl2F3N5O.